The number of aryl methyl sites for hydroxylation is 1. The fourth-order valence-corrected chi connectivity index (χ4v) is 1.45. The quantitative estimate of drug-likeness (QED) is 0.648. The van der Waals surface area contributed by atoms with E-state index < -0.39 is 11.4 Å². The van der Waals surface area contributed by atoms with E-state index in [1.807, 2.05) is 0 Å². The fourth-order valence-electron chi connectivity index (χ4n) is 1.45. The van der Waals surface area contributed by atoms with E-state index in [0.29, 0.717) is 0 Å². The first-order valence-electron chi connectivity index (χ1n) is 4.15. The molecular weight excluding hydrogens is 203 g/mol. The molecule has 1 aromatic heterocycles. The lowest BCUT2D eigenvalue weighted by Crippen LogP contribution is -2.06. The first-order valence-corrected chi connectivity index (χ1v) is 4.15. The summed E-state index contributed by atoms with van der Waals surface area (Å²) in [6, 6.07) is 2.19. The fraction of sp³-hybridized carbons (Fsp3) is 0.100. The van der Waals surface area contributed by atoms with Crippen LogP contribution >= 0.6 is 0 Å². The molecule has 0 aliphatic rings. The highest BCUT2D eigenvalue weighted by Crippen LogP contribution is 2.31. The number of phenols is 2. The van der Waals surface area contributed by atoms with Gasteiger partial charge in [0.1, 0.15) is 17.1 Å². The Bertz CT molecular complexity index is 600. The molecule has 1 heterocycles. The van der Waals surface area contributed by atoms with Gasteiger partial charge < -0.3 is 14.6 Å². The minimum absolute atomic E-state index is 0.00116. The van der Waals surface area contributed by atoms with Gasteiger partial charge in [-0.1, -0.05) is 0 Å². The molecule has 78 valence electrons. The molecule has 0 bridgehead atoms. The molecule has 0 amide bonds. The predicted octanol–water partition coefficient (Wildman–Crippen LogP) is 1.65. The molecule has 2 aromatic rings. The SMILES string of the molecule is Cc1c(F)c(=O)oc2cc(O)cc(O)c12. The Balaban J connectivity index is 3.05. The van der Waals surface area contributed by atoms with Crippen LogP contribution in [-0.2, 0) is 0 Å². The van der Waals surface area contributed by atoms with Crippen LogP contribution in [0.4, 0.5) is 4.39 Å². The van der Waals surface area contributed by atoms with E-state index in [0.717, 1.165) is 12.1 Å². The van der Waals surface area contributed by atoms with Crippen LogP contribution in [-0.4, -0.2) is 10.2 Å². The lowest BCUT2D eigenvalue weighted by Gasteiger charge is -2.04. The van der Waals surface area contributed by atoms with Gasteiger partial charge in [-0.3, -0.25) is 0 Å². The number of rotatable bonds is 0. The highest BCUT2D eigenvalue weighted by atomic mass is 19.1. The van der Waals surface area contributed by atoms with Crippen molar-refractivity contribution in [2.75, 3.05) is 0 Å². The normalized spacial score (nSPS) is 10.8. The van der Waals surface area contributed by atoms with E-state index in [-0.39, 0.29) is 28.0 Å². The third kappa shape index (κ3) is 1.32. The van der Waals surface area contributed by atoms with Crippen LogP contribution in [0, 0.1) is 12.7 Å². The zero-order valence-corrected chi connectivity index (χ0v) is 7.74. The summed E-state index contributed by atoms with van der Waals surface area (Å²) in [7, 11) is 0. The van der Waals surface area contributed by atoms with Crippen LogP contribution in [0.25, 0.3) is 11.0 Å². The Morgan fingerprint density at radius 3 is 2.67 bits per heavy atom. The van der Waals surface area contributed by atoms with Gasteiger partial charge in [-0.25, -0.2) is 4.79 Å². The maximum absolute atomic E-state index is 13.2. The first-order chi connectivity index (χ1) is 7.00. The van der Waals surface area contributed by atoms with Crippen molar-refractivity contribution >= 4 is 11.0 Å². The Labute approximate surface area is 83.2 Å². The van der Waals surface area contributed by atoms with Gasteiger partial charge >= 0.3 is 5.63 Å². The van der Waals surface area contributed by atoms with Gasteiger partial charge in [-0.2, -0.15) is 4.39 Å². The van der Waals surface area contributed by atoms with Gasteiger partial charge in [-0.15, -0.1) is 0 Å². The summed E-state index contributed by atoms with van der Waals surface area (Å²) < 4.78 is 17.7. The standard InChI is InChI=1S/C10H7FO4/c1-4-8-6(13)2-5(12)3-7(8)15-10(14)9(4)11/h2-3,12-13H,1H3. The molecule has 0 aliphatic heterocycles. The second kappa shape index (κ2) is 2.98. The van der Waals surface area contributed by atoms with Crippen molar-refractivity contribution in [2.24, 2.45) is 0 Å². The second-order valence-corrected chi connectivity index (χ2v) is 3.17. The van der Waals surface area contributed by atoms with Crippen molar-refractivity contribution in [1.29, 1.82) is 0 Å². The van der Waals surface area contributed by atoms with Crippen molar-refractivity contribution in [3.63, 3.8) is 0 Å². The van der Waals surface area contributed by atoms with E-state index in [2.05, 4.69) is 4.42 Å². The average Bonchev–Trinajstić information content (AvgIpc) is 2.13. The summed E-state index contributed by atoms with van der Waals surface area (Å²) in [6.45, 7) is 1.35. The molecule has 5 heteroatoms. The largest absolute Gasteiger partial charge is 0.508 e. The maximum atomic E-state index is 13.2. The second-order valence-electron chi connectivity index (χ2n) is 3.17. The van der Waals surface area contributed by atoms with Gasteiger partial charge in [-0.05, 0) is 6.92 Å². The number of hydrogen-bond donors (Lipinski definition) is 2. The minimum atomic E-state index is -1.12. The molecule has 0 spiro atoms. The topological polar surface area (TPSA) is 70.7 Å². The molecule has 15 heavy (non-hydrogen) atoms. The Morgan fingerprint density at radius 2 is 2.00 bits per heavy atom. The predicted molar refractivity (Wildman–Crippen MR) is 50.5 cm³/mol. The molecular formula is C10H7FO4. The van der Waals surface area contributed by atoms with Gasteiger partial charge in [0.15, 0.2) is 0 Å². The molecule has 0 aliphatic carbocycles. The number of phenolic OH excluding ortho intramolecular Hbond substituents is 2. The molecule has 2 N–H and O–H groups in total. The number of hydrogen-bond acceptors (Lipinski definition) is 4. The molecule has 0 atom stereocenters. The average molecular weight is 210 g/mol. The first kappa shape index (κ1) is 9.51. The third-order valence-corrected chi connectivity index (χ3v) is 2.15. The van der Waals surface area contributed by atoms with Crippen molar-refractivity contribution < 1.29 is 19.0 Å². The van der Waals surface area contributed by atoms with E-state index in [1.165, 1.54) is 6.92 Å². The van der Waals surface area contributed by atoms with Gasteiger partial charge in [0.2, 0.25) is 5.82 Å². The summed E-state index contributed by atoms with van der Waals surface area (Å²) in [5, 5.41) is 18.7. The van der Waals surface area contributed by atoms with Crippen LogP contribution in [0.2, 0.25) is 0 Å². The lowest BCUT2D eigenvalue weighted by molar-refractivity contribution is 0.444. The number of aromatic hydroxyl groups is 2. The van der Waals surface area contributed by atoms with Crippen LogP contribution in [0.3, 0.4) is 0 Å². The lowest BCUT2D eigenvalue weighted by atomic mass is 10.1. The third-order valence-electron chi connectivity index (χ3n) is 2.15. The van der Waals surface area contributed by atoms with Crippen LogP contribution in [0.5, 0.6) is 11.5 Å². The summed E-state index contributed by atoms with van der Waals surface area (Å²) in [5.74, 6) is -1.62. The van der Waals surface area contributed by atoms with Crippen molar-refractivity contribution in [3.05, 3.63) is 33.9 Å². The summed E-state index contributed by atoms with van der Waals surface area (Å²) in [4.78, 5) is 11.0. The molecule has 0 fully saturated rings. The van der Waals surface area contributed by atoms with Crippen molar-refractivity contribution in [1.82, 2.24) is 0 Å². The van der Waals surface area contributed by atoms with Crippen LogP contribution in [0.1, 0.15) is 5.56 Å². The zero-order valence-electron chi connectivity index (χ0n) is 7.74. The minimum Gasteiger partial charge on any atom is -0.508 e. The van der Waals surface area contributed by atoms with Crippen molar-refractivity contribution in [2.45, 2.75) is 6.92 Å². The Hall–Kier alpha value is -2.04. The number of fused-ring (bicyclic) bond motifs is 1. The molecule has 0 radical (unpaired) electrons. The molecule has 0 unspecified atom stereocenters. The summed E-state index contributed by atoms with van der Waals surface area (Å²) >= 11 is 0. The molecule has 4 nitrogen and oxygen atoms in total. The van der Waals surface area contributed by atoms with E-state index in [9.17, 15) is 14.3 Å². The Kier molecular flexibility index (Phi) is 1.89. The van der Waals surface area contributed by atoms with Gasteiger partial charge in [0, 0.05) is 17.7 Å². The van der Waals surface area contributed by atoms with Gasteiger partial charge in [0.25, 0.3) is 0 Å². The number of benzene rings is 1. The maximum Gasteiger partial charge on any atom is 0.372 e. The molecule has 2 rings (SSSR count). The van der Waals surface area contributed by atoms with Crippen LogP contribution < -0.4 is 5.63 Å². The molecule has 0 saturated carbocycles. The van der Waals surface area contributed by atoms with Crippen LogP contribution in [0.15, 0.2) is 21.3 Å². The number of halogens is 1. The van der Waals surface area contributed by atoms with E-state index >= 15 is 0 Å². The summed E-state index contributed by atoms with van der Waals surface area (Å²) in [5.41, 5.74) is -1.17. The highest BCUT2D eigenvalue weighted by Gasteiger charge is 2.14. The smallest absolute Gasteiger partial charge is 0.372 e. The summed E-state index contributed by atoms with van der Waals surface area (Å²) in [6.07, 6.45) is 0. The zero-order chi connectivity index (χ0) is 11.2. The molecule has 0 saturated heterocycles. The Morgan fingerprint density at radius 1 is 1.33 bits per heavy atom. The molecule has 1 aromatic carbocycles. The monoisotopic (exact) mass is 210 g/mol. The van der Waals surface area contributed by atoms with E-state index in [4.69, 9.17) is 5.11 Å². The van der Waals surface area contributed by atoms with Gasteiger partial charge in [0.05, 0.1) is 5.39 Å². The van der Waals surface area contributed by atoms with Crippen molar-refractivity contribution in [3.8, 4) is 11.5 Å². The van der Waals surface area contributed by atoms with E-state index in [1.54, 1.807) is 0 Å². The highest BCUT2D eigenvalue weighted by molar-refractivity contribution is 5.87.